The Kier molecular flexibility index (Phi) is 3.79. The molecule has 1 aliphatic rings. The molecule has 0 aromatic heterocycles. The largest absolute Gasteiger partial charge is 0.370 e. The molecule has 1 saturated heterocycles. The lowest BCUT2D eigenvalue weighted by Gasteiger charge is -2.19. The standard InChI is InChI=1S/C14H20N2O/c1-3-15-13-8-9-16(10-13)14-6-4-12(5-7-14)11(2)17/h4-7,13,15H,3,8-10H2,1-2H3. The van der Waals surface area contributed by atoms with E-state index in [0.29, 0.717) is 6.04 Å². The van der Waals surface area contributed by atoms with Crippen LogP contribution in [0.1, 0.15) is 30.6 Å². The van der Waals surface area contributed by atoms with Crippen molar-refractivity contribution in [1.82, 2.24) is 5.32 Å². The van der Waals surface area contributed by atoms with Crippen LogP contribution in [-0.4, -0.2) is 31.5 Å². The summed E-state index contributed by atoms with van der Waals surface area (Å²) in [4.78, 5) is 13.6. The van der Waals surface area contributed by atoms with Gasteiger partial charge in [-0.15, -0.1) is 0 Å². The zero-order chi connectivity index (χ0) is 12.3. The number of Topliss-reactive ketones (excluding diaryl/α,β-unsaturated/α-hetero) is 1. The Morgan fingerprint density at radius 2 is 2.12 bits per heavy atom. The summed E-state index contributed by atoms with van der Waals surface area (Å²) >= 11 is 0. The summed E-state index contributed by atoms with van der Waals surface area (Å²) in [6.45, 7) is 6.93. The van der Waals surface area contributed by atoms with Crippen LogP contribution in [0.4, 0.5) is 5.69 Å². The monoisotopic (exact) mass is 232 g/mol. The number of nitrogens with one attached hydrogen (secondary N) is 1. The Labute approximate surface area is 103 Å². The third-order valence-electron chi connectivity index (χ3n) is 3.32. The van der Waals surface area contributed by atoms with Crippen molar-refractivity contribution in [1.29, 1.82) is 0 Å². The lowest BCUT2D eigenvalue weighted by Crippen LogP contribution is -2.32. The molecule has 2 rings (SSSR count). The third kappa shape index (κ3) is 2.86. The maximum absolute atomic E-state index is 11.2. The minimum atomic E-state index is 0.128. The smallest absolute Gasteiger partial charge is 0.159 e. The van der Waals surface area contributed by atoms with Gasteiger partial charge in [-0.1, -0.05) is 6.92 Å². The highest BCUT2D eigenvalue weighted by atomic mass is 16.1. The number of carbonyl (C=O) groups excluding carboxylic acids is 1. The van der Waals surface area contributed by atoms with E-state index in [4.69, 9.17) is 0 Å². The SMILES string of the molecule is CCNC1CCN(c2ccc(C(C)=O)cc2)C1. The second-order valence-electron chi connectivity index (χ2n) is 4.59. The van der Waals surface area contributed by atoms with Crippen LogP contribution in [-0.2, 0) is 0 Å². The van der Waals surface area contributed by atoms with Gasteiger partial charge in [0, 0.05) is 30.4 Å². The lowest BCUT2D eigenvalue weighted by atomic mass is 10.1. The number of benzene rings is 1. The van der Waals surface area contributed by atoms with E-state index in [1.807, 2.05) is 24.3 Å². The number of anilines is 1. The number of hydrogen-bond donors (Lipinski definition) is 1. The van der Waals surface area contributed by atoms with Gasteiger partial charge in [0.1, 0.15) is 0 Å². The first-order valence-electron chi connectivity index (χ1n) is 6.30. The van der Waals surface area contributed by atoms with Gasteiger partial charge in [0.05, 0.1) is 0 Å². The van der Waals surface area contributed by atoms with Gasteiger partial charge in [-0.3, -0.25) is 4.79 Å². The first-order valence-corrected chi connectivity index (χ1v) is 6.30. The zero-order valence-corrected chi connectivity index (χ0v) is 10.6. The Balaban J connectivity index is 2.01. The Bertz CT molecular complexity index is 386. The first-order chi connectivity index (χ1) is 8.20. The molecular formula is C14H20N2O. The lowest BCUT2D eigenvalue weighted by molar-refractivity contribution is 0.101. The van der Waals surface area contributed by atoms with E-state index < -0.39 is 0 Å². The van der Waals surface area contributed by atoms with E-state index in [9.17, 15) is 4.79 Å². The van der Waals surface area contributed by atoms with Gasteiger partial charge in [-0.25, -0.2) is 0 Å². The number of carbonyl (C=O) groups is 1. The van der Waals surface area contributed by atoms with Crippen LogP contribution in [0.25, 0.3) is 0 Å². The summed E-state index contributed by atoms with van der Waals surface area (Å²) in [7, 11) is 0. The van der Waals surface area contributed by atoms with Crippen LogP contribution in [0.2, 0.25) is 0 Å². The van der Waals surface area contributed by atoms with Crippen LogP contribution in [0.5, 0.6) is 0 Å². The van der Waals surface area contributed by atoms with Crippen LogP contribution >= 0.6 is 0 Å². The second kappa shape index (κ2) is 5.32. The molecule has 1 aliphatic heterocycles. The van der Waals surface area contributed by atoms with Crippen molar-refractivity contribution < 1.29 is 4.79 Å². The van der Waals surface area contributed by atoms with Crippen molar-refractivity contribution >= 4 is 11.5 Å². The van der Waals surface area contributed by atoms with E-state index in [0.717, 1.165) is 25.2 Å². The summed E-state index contributed by atoms with van der Waals surface area (Å²) in [6, 6.07) is 8.53. The molecule has 1 N–H and O–H groups in total. The van der Waals surface area contributed by atoms with E-state index in [1.54, 1.807) is 6.92 Å². The number of ketones is 1. The highest BCUT2D eigenvalue weighted by Gasteiger charge is 2.21. The second-order valence-corrected chi connectivity index (χ2v) is 4.59. The van der Waals surface area contributed by atoms with Gasteiger partial charge in [0.15, 0.2) is 5.78 Å². The third-order valence-corrected chi connectivity index (χ3v) is 3.32. The maximum atomic E-state index is 11.2. The molecule has 1 heterocycles. The van der Waals surface area contributed by atoms with Crippen molar-refractivity contribution in [2.75, 3.05) is 24.5 Å². The predicted octanol–water partition coefficient (Wildman–Crippen LogP) is 2.08. The maximum Gasteiger partial charge on any atom is 0.159 e. The van der Waals surface area contributed by atoms with Gasteiger partial charge in [-0.05, 0) is 44.2 Å². The van der Waals surface area contributed by atoms with Gasteiger partial charge in [0.25, 0.3) is 0 Å². The predicted molar refractivity (Wildman–Crippen MR) is 70.7 cm³/mol. The van der Waals surface area contributed by atoms with Crippen molar-refractivity contribution in [3.63, 3.8) is 0 Å². The molecule has 1 aromatic carbocycles. The molecule has 3 nitrogen and oxygen atoms in total. The Morgan fingerprint density at radius 3 is 2.71 bits per heavy atom. The van der Waals surface area contributed by atoms with Gasteiger partial charge in [0.2, 0.25) is 0 Å². The van der Waals surface area contributed by atoms with Crippen LogP contribution in [0, 0.1) is 0 Å². The van der Waals surface area contributed by atoms with E-state index >= 15 is 0 Å². The minimum absolute atomic E-state index is 0.128. The summed E-state index contributed by atoms with van der Waals surface area (Å²) in [6.07, 6.45) is 1.20. The van der Waals surface area contributed by atoms with E-state index in [1.165, 1.54) is 12.1 Å². The highest BCUT2D eigenvalue weighted by Crippen LogP contribution is 2.20. The Hall–Kier alpha value is -1.35. The molecular weight excluding hydrogens is 212 g/mol. The van der Waals surface area contributed by atoms with Crippen molar-refractivity contribution in [3.05, 3.63) is 29.8 Å². The average molecular weight is 232 g/mol. The number of likely N-dealkylation sites (N-methyl/N-ethyl adjacent to an activating group) is 1. The fourth-order valence-electron chi connectivity index (χ4n) is 2.36. The molecule has 1 atom stereocenters. The van der Waals surface area contributed by atoms with Crippen LogP contribution < -0.4 is 10.2 Å². The van der Waals surface area contributed by atoms with E-state index in [2.05, 4.69) is 17.1 Å². The van der Waals surface area contributed by atoms with Crippen molar-refractivity contribution in [2.24, 2.45) is 0 Å². The molecule has 92 valence electrons. The van der Waals surface area contributed by atoms with Crippen LogP contribution in [0.3, 0.4) is 0 Å². The fraction of sp³-hybridized carbons (Fsp3) is 0.500. The quantitative estimate of drug-likeness (QED) is 0.807. The molecule has 17 heavy (non-hydrogen) atoms. The molecule has 0 aliphatic carbocycles. The zero-order valence-electron chi connectivity index (χ0n) is 10.6. The molecule has 0 radical (unpaired) electrons. The van der Waals surface area contributed by atoms with Crippen LogP contribution in [0.15, 0.2) is 24.3 Å². The number of hydrogen-bond acceptors (Lipinski definition) is 3. The number of nitrogens with zero attached hydrogens (tertiary/aromatic N) is 1. The molecule has 1 unspecified atom stereocenters. The molecule has 0 spiro atoms. The normalized spacial score (nSPS) is 19.6. The topological polar surface area (TPSA) is 32.3 Å². The minimum Gasteiger partial charge on any atom is -0.370 e. The van der Waals surface area contributed by atoms with Gasteiger partial charge >= 0.3 is 0 Å². The average Bonchev–Trinajstić information content (AvgIpc) is 2.78. The molecule has 0 bridgehead atoms. The molecule has 0 saturated carbocycles. The summed E-state index contributed by atoms with van der Waals surface area (Å²) in [5.41, 5.74) is 2.01. The number of rotatable bonds is 4. The summed E-state index contributed by atoms with van der Waals surface area (Å²) in [5.74, 6) is 0.128. The first kappa shape index (κ1) is 12.1. The molecule has 0 amide bonds. The summed E-state index contributed by atoms with van der Waals surface area (Å²) in [5, 5.41) is 3.48. The van der Waals surface area contributed by atoms with Crippen molar-refractivity contribution in [3.8, 4) is 0 Å². The van der Waals surface area contributed by atoms with Gasteiger partial charge < -0.3 is 10.2 Å². The van der Waals surface area contributed by atoms with Gasteiger partial charge in [-0.2, -0.15) is 0 Å². The Morgan fingerprint density at radius 1 is 1.41 bits per heavy atom. The fourth-order valence-corrected chi connectivity index (χ4v) is 2.36. The highest BCUT2D eigenvalue weighted by molar-refractivity contribution is 5.94. The van der Waals surface area contributed by atoms with Crippen molar-refractivity contribution in [2.45, 2.75) is 26.3 Å². The molecule has 1 fully saturated rings. The molecule has 3 heteroatoms. The summed E-state index contributed by atoms with van der Waals surface area (Å²) < 4.78 is 0. The molecule has 1 aromatic rings. The van der Waals surface area contributed by atoms with E-state index in [-0.39, 0.29) is 5.78 Å².